The Balaban J connectivity index is 2.18. The molecule has 1 fully saturated rings. The maximum atomic E-state index is 10.9. The number of nitrogens with two attached hydrogens (primary N) is 1. The molecule has 5 nitrogen and oxygen atoms in total. The molecule has 2 atom stereocenters. The molecule has 0 amide bonds. The predicted molar refractivity (Wildman–Crippen MR) is 73.3 cm³/mol. The minimum Gasteiger partial charge on any atom is -0.496 e. The molecular formula is C14H20N2O3. The van der Waals surface area contributed by atoms with Crippen LogP contribution in [0.4, 0.5) is 5.69 Å². The third kappa shape index (κ3) is 3.44. The SMILES string of the molecule is COc1cc(CC2CCCCC2N)cc([N+](=O)[O-])c1. The normalized spacial score (nSPS) is 23.1. The summed E-state index contributed by atoms with van der Waals surface area (Å²) >= 11 is 0. The van der Waals surface area contributed by atoms with E-state index in [0.717, 1.165) is 24.8 Å². The van der Waals surface area contributed by atoms with E-state index in [9.17, 15) is 10.1 Å². The zero-order chi connectivity index (χ0) is 13.8. The third-order valence-electron chi connectivity index (χ3n) is 3.86. The van der Waals surface area contributed by atoms with Crippen LogP contribution in [0.2, 0.25) is 0 Å². The summed E-state index contributed by atoms with van der Waals surface area (Å²) in [7, 11) is 1.52. The first kappa shape index (κ1) is 13.8. The number of benzene rings is 1. The molecule has 5 heteroatoms. The van der Waals surface area contributed by atoms with Gasteiger partial charge in [-0.15, -0.1) is 0 Å². The monoisotopic (exact) mass is 264 g/mol. The van der Waals surface area contributed by atoms with Crippen LogP contribution in [0.25, 0.3) is 0 Å². The van der Waals surface area contributed by atoms with Crippen LogP contribution < -0.4 is 10.5 Å². The number of nitrogens with zero attached hydrogens (tertiary/aromatic N) is 1. The largest absolute Gasteiger partial charge is 0.496 e. The quantitative estimate of drug-likeness (QED) is 0.669. The predicted octanol–water partition coefficient (Wildman–Crippen LogP) is 2.66. The van der Waals surface area contributed by atoms with Crippen molar-refractivity contribution < 1.29 is 9.66 Å². The Bertz CT molecular complexity index is 462. The van der Waals surface area contributed by atoms with Crippen molar-refractivity contribution >= 4 is 5.69 Å². The molecule has 1 saturated carbocycles. The van der Waals surface area contributed by atoms with Crippen LogP contribution in [0.3, 0.4) is 0 Å². The molecule has 19 heavy (non-hydrogen) atoms. The van der Waals surface area contributed by atoms with Crippen molar-refractivity contribution in [3.63, 3.8) is 0 Å². The van der Waals surface area contributed by atoms with Gasteiger partial charge < -0.3 is 10.5 Å². The lowest BCUT2D eigenvalue weighted by Gasteiger charge is -2.28. The lowest BCUT2D eigenvalue weighted by Crippen LogP contribution is -2.34. The van der Waals surface area contributed by atoms with Crippen molar-refractivity contribution in [2.45, 2.75) is 38.1 Å². The van der Waals surface area contributed by atoms with Gasteiger partial charge in [-0.25, -0.2) is 0 Å². The highest BCUT2D eigenvalue weighted by atomic mass is 16.6. The molecule has 2 N–H and O–H groups in total. The van der Waals surface area contributed by atoms with Crippen LogP contribution in [0, 0.1) is 16.0 Å². The van der Waals surface area contributed by atoms with Crippen LogP contribution in [0.5, 0.6) is 5.75 Å². The molecule has 0 saturated heterocycles. The highest BCUT2D eigenvalue weighted by Crippen LogP contribution is 2.29. The standard InChI is InChI=1S/C14H20N2O3/c1-19-13-8-10(7-12(9-13)16(17)18)6-11-4-2-3-5-14(11)15/h7-9,11,14H,2-6,15H2,1H3. The van der Waals surface area contributed by atoms with Gasteiger partial charge in [0.15, 0.2) is 0 Å². The van der Waals surface area contributed by atoms with Gasteiger partial charge in [0, 0.05) is 12.1 Å². The fourth-order valence-corrected chi connectivity index (χ4v) is 2.78. The number of hydrogen-bond acceptors (Lipinski definition) is 4. The first-order valence-corrected chi connectivity index (χ1v) is 6.68. The Hall–Kier alpha value is -1.62. The molecule has 0 heterocycles. The summed E-state index contributed by atoms with van der Waals surface area (Å²) < 4.78 is 5.13. The van der Waals surface area contributed by atoms with E-state index in [1.54, 1.807) is 6.07 Å². The fraction of sp³-hybridized carbons (Fsp3) is 0.571. The summed E-state index contributed by atoms with van der Waals surface area (Å²) in [5.41, 5.74) is 7.15. The van der Waals surface area contributed by atoms with Crippen molar-refractivity contribution in [1.82, 2.24) is 0 Å². The van der Waals surface area contributed by atoms with Crippen LogP contribution in [0.1, 0.15) is 31.2 Å². The summed E-state index contributed by atoms with van der Waals surface area (Å²) in [4.78, 5) is 10.5. The van der Waals surface area contributed by atoms with Gasteiger partial charge in [0.25, 0.3) is 5.69 Å². The molecule has 0 aromatic heterocycles. The number of nitro groups is 1. The van der Waals surface area contributed by atoms with Crippen molar-refractivity contribution in [3.8, 4) is 5.75 Å². The van der Waals surface area contributed by atoms with Gasteiger partial charge in [-0.1, -0.05) is 12.8 Å². The molecule has 0 bridgehead atoms. The Labute approximate surface area is 112 Å². The summed E-state index contributed by atoms with van der Waals surface area (Å²) in [5.74, 6) is 0.953. The van der Waals surface area contributed by atoms with Gasteiger partial charge in [0.1, 0.15) is 5.75 Å². The zero-order valence-electron chi connectivity index (χ0n) is 11.2. The van der Waals surface area contributed by atoms with E-state index in [2.05, 4.69) is 0 Å². The number of hydrogen-bond donors (Lipinski definition) is 1. The second kappa shape index (κ2) is 6.02. The summed E-state index contributed by atoms with van der Waals surface area (Å²) in [6.45, 7) is 0. The molecule has 1 aromatic carbocycles. The molecule has 2 rings (SSSR count). The maximum absolute atomic E-state index is 10.9. The maximum Gasteiger partial charge on any atom is 0.273 e. The van der Waals surface area contributed by atoms with Gasteiger partial charge in [0.05, 0.1) is 18.1 Å². The second-order valence-electron chi connectivity index (χ2n) is 5.21. The molecular weight excluding hydrogens is 244 g/mol. The second-order valence-corrected chi connectivity index (χ2v) is 5.21. The average molecular weight is 264 g/mol. The Kier molecular flexibility index (Phi) is 4.37. The number of rotatable bonds is 4. The van der Waals surface area contributed by atoms with E-state index in [1.807, 2.05) is 6.07 Å². The third-order valence-corrected chi connectivity index (χ3v) is 3.86. The lowest BCUT2D eigenvalue weighted by atomic mass is 9.81. The smallest absolute Gasteiger partial charge is 0.273 e. The number of ether oxygens (including phenoxy) is 1. The van der Waals surface area contributed by atoms with Gasteiger partial charge in [-0.05, 0) is 36.8 Å². The number of nitro benzene ring substituents is 1. The van der Waals surface area contributed by atoms with E-state index in [-0.39, 0.29) is 16.7 Å². The van der Waals surface area contributed by atoms with E-state index < -0.39 is 0 Å². The van der Waals surface area contributed by atoms with Crippen LogP contribution in [0.15, 0.2) is 18.2 Å². The molecule has 1 aliphatic carbocycles. The number of methoxy groups -OCH3 is 1. The first-order chi connectivity index (χ1) is 9.10. The topological polar surface area (TPSA) is 78.4 Å². The van der Waals surface area contributed by atoms with E-state index >= 15 is 0 Å². The molecule has 0 spiro atoms. The van der Waals surface area contributed by atoms with Crippen LogP contribution in [-0.2, 0) is 6.42 Å². The highest BCUT2D eigenvalue weighted by Gasteiger charge is 2.23. The number of non-ortho nitro benzene ring substituents is 1. The van der Waals surface area contributed by atoms with Gasteiger partial charge in [-0.2, -0.15) is 0 Å². The zero-order valence-corrected chi connectivity index (χ0v) is 11.2. The van der Waals surface area contributed by atoms with Crippen LogP contribution in [-0.4, -0.2) is 18.1 Å². The summed E-state index contributed by atoms with van der Waals surface area (Å²) in [5, 5.41) is 10.9. The van der Waals surface area contributed by atoms with E-state index in [0.29, 0.717) is 11.7 Å². The Morgan fingerprint density at radius 3 is 2.74 bits per heavy atom. The molecule has 0 radical (unpaired) electrons. The summed E-state index contributed by atoms with van der Waals surface area (Å²) in [6.07, 6.45) is 5.34. The molecule has 104 valence electrons. The van der Waals surface area contributed by atoms with E-state index in [4.69, 9.17) is 10.5 Å². The van der Waals surface area contributed by atoms with Crippen molar-refractivity contribution in [2.24, 2.45) is 11.7 Å². The van der Waals surface area contributed by atoms with Gasteiger partial charge >= 0.3 is 0 Å². The van der Waals surface area contributed by atoms with Crippen molar-refractivity contribution in [3.05, 3.63) is 33.9 Å². The van der Waals surface area contributed by atoms with Gasteiger partial charge in [-0.3, -0.25) is 10.1 Å². The van der Waals surface area contributed by atoms with Crippen molar-refractivity contribution in [1.29, 1.82) is 0 Å². The molecule has 2 unspecified atom stereocenters. The average Bonchev–Trinajstić information content (AvgIpc) is 2.41. The minimum atomic E-state index is -0.382. The highest BCUT2D eigenvalue weighted by molar-refractivity contribution is 5.43. The molecule has 1 aromatic rings. The summed E-state index contributed by atoms with van der Waals surface area (Å²) in [6, 6.07) is 5.15. The Morgan fingerprint density at radius 1 is 1.37 bits per heavy atom. The molecule has 1 aliphatic rings. The minimum absolute atomic E-state index is 0.0822. The van der Waals surface area contributed by atoms with Crippen LogP contribution >= 0.6 is 0 Å². The van der Waals surface area contributed by atoms with Gasteiger partial charge in [0.2, 0.25) is 0 Å². The van der Waals surface area contributed by atoms with Crippen molar-refractivity contribution in [2.75, 3.05) is 7.11 Å². The first-order valence-electron chi connectivity index (χ1n) is 6.68. The molecule has 0 aliphatic heterocycles. The van der Waals surface area contributed by atoms with E-state index in [1.165, 1.54) is 26.0 Å². The Morgan fingerprint density at radius 2 is 2.11 bits per heavy atom. The fourth-order valence-electron chi connectivity index (χ4n) is 2.78. The lowest BCUT2D eigenvalue weighted by molar-refractivity contribution is -0.385.